The van der Waals surface area contributed by atoms with E-state index in [1.165, 1.54) is 9.80 Å². The molecule has 0 atom stereocenters. The molecule has 0 spiro atoms. The van der Waals surface area contributed by atoms with Crippen LogP contribution in [0.1, 0.15) is 60.2 Å². The Morgan fingerprint density at radius 3 is 1.33 bits per heavy atom. The summed E-state index contributed by atoms with van der Waals surface area (Å²) in [5.74, 6) is -2.28. The molecule has 2 aliphatic heterocycles. The number of thioether (sulfide) groups is 2. The third kappa shape index (κ3) is 9.49. The molecule has 2 aromatic rings. The van der Waals surface area contributed by atoms with Crippen LogP contribution < -0.4 is 10.6 Å². The summed E-state index contributed by atoms with van der Waals surface area (Å²) in [7, 11) is 0. The number of carbonyl (C=O) groups excluding carboxylic acids is 6. The lowest BCUT2D eigenvalue weighted by Gasteiger charge is -2.15. The first-order chi connectivity index (χ1) is 23.0. The van der Waals surface area contributed by atoms with Crippen molar-refractivity contribution in [2.75, 3.05) is 36.9 Å². The van der Waals surface area contributed by atoms with Gasteiger partial charge in [0.15, 0.2) is 0 Å². The van der Waals surface area contributed by atoms with Crippen LogP contribution in [0, 0.1) is 0 Å². The SMILES string of the molecule is CCOC(=O)c1ccc(NC(=O)CCCN2C(=O)/C(=C3\SC(=S)N(CCCC(=O)Nc4ccc(C(=O)OCC)cc4)C3=O)SC2=S)cc1. The number of nitrogens with zero attached hydrogens (tertiary/aromatic N) is 2. The lowest BCUT2D eigenvalue weighted by atomic mass is 10.2. The van der Waals surface area contributed by atoms with E-state index in [9.17, 15) is 28.8 Å². The van der Waals surface area contributed by atoms with E-state index in [4.69, 9.17) is 33.9 Å². The number of anilines is 2. The molecule has 0 saturated carbocycles. The predicted molar refractivity (Wildman–Crippen MR) is 191 cm³/mol. The van der Waals surface area contributed by atoms with Crippen LogP contribution in [-0.4, -0.2) is 80.3 Å². The van der Waals surface area contributed by atoms with Crippen molar-refractivity contribution in [3.63, 3.8) is 0 Å². The van der Waals surface area contributed by atoms with Crippen LogP contribution in [0.15, 0.2) is 58.3 Å². The molecule has 2 N–H and O–H groups in total. The van der Waals surface area contributed by atoms with Crippen LogP contribution in [0.5, 0.6) is 0 Å². The summed E-state index contributed by atoms with van der Waals surface area (Å²) >= 11 is 12.9. The van der Waals surface area contributed by atoms with Gasteiger partial charge < -0.3 is 20.1 Å². The van der Waals surface area contributed by atoms with Crippen molar-refractivity contribution in [3.8, 4) is 0 Å². The monoisotopic (exact) mass is 728 g/mol. The molecule has 12 nitrogen and oxygen atoms in total. The van der Waals surface area contributed by atoms with Crippen LogP contribution in [0.25, 0.3) is 0 Å². The quantitative estimate of drug-likeness (QED) is 0.151. The van der Waals surface area contributed by atoms with Gasteiger partial charge in [0.2, 0.25) is 11.8 Å². The first-order valence-electron chi connectivity index (χ1n) is 15.0. The first-order valence-corrected chi connectivity index (χ1v) is 17.4. The van der Waals surface area contributed by atoms with Gasteiger partial charge in [0, 0.05) is 37.3 Å². The van der Waals surface area contributed by atoms with Crippen LogP contribution >= 0.6 is 48.0 Å². The van der Waals surface area contributed by atoms with Crippen molar-refractivity contribution in [2.24, 2.45) is 0 Å². The van der Waals surface area contributed by atoms with E-state index in [1.54, 1.807) is 62.4 Å². The fourth-order valence-corrected chi connectivity index (χ4v) is 7.28. The second-order valence-corrected chi connectivity index (χ2v) is 13.5. The summed E-state index contributed by atoms with van der Waals surface area (Å²) < 4.78 is 10.5. The zero-order chi connectivity index (χ0) is 34.8. The normalized spacial score (nSPS) is 16.0. The molecule has 2 saturated heterocycles. The van der Waals surface area contributed by atoms with Crippen molar-refractivity contribution in [3.05, 3.63) is 69.5 Å². The Kier molecular flexibility index (Phi) is 13.3. The molecule has 4 rings (SSSR count). The van der Waals surface area contributed by atoms with E-state index in [2.05, 4.69) is 10.6 Å². The zero-order valence-corrected chi connectivity index (χ0v) is 29.3. The number of benzene rings is 2. The number of nitrogens with one attached hydrogen (secondary N) is 2. The highest BCUT2D eigenvalue weighted by Crippen LogP contribution is 2.42. The highest BCUT2D eigenvalue weighted by molar-refractivity contribution is 8.29. The minimum Gasteiger partial charge on any atom is -0.462 e. The molecule has 2 aromatic carbocycles. The molecular weight excluding hydrogens is 697 g/mol. The Hall–Kier alpha value is -4.12. The van der Waals surface area contributed by atoms with Gasteiger partial charge in [-0.05, 0) is 75.2 Å². The number of hydrogen-bond donors (Lipinski definition) is 2. The molecule has 2 aliphatic rings. The fourth-order valence-electron chi connectivity index (χ4n) is 4.51. The van der Waals surface area contributed by atoms with E-state index < -0.39 is 23.8 Å². The van der Waals surface area contributed by atoms with Crippen molar-refractivity contribution < 1.29 is 38.2 Å². The molecule has 2 heterocycles. The van der Waals surface area contributed by atoms with E-state index in [1.807, 2.05) is 0 Å². The third-order valence-corrected chi connectivity index (χ3v) is 9.86. The lowest BCUT2D eigenvalue weighted by molar-refractivity contribution is -0.124. The van der Waals surface area contributed by atoms with Gasteiger partial charge in [-0.2, -0.15) is 0 Å². The van der Waals surface area contributed by atoms with E-state index in [0.717, 1.165) is 23.5 Å². The highest BCUT2D eigenvalue weighted by Gasteiger charge is 2.41. The number of carbonyl (C=O) groups is 6. The molecule has 2 fully saturated rings. The van der Waals surface area contributed by atoms with E-state index in [-0.39, 0.29) is 69.4 Å². The average molecular weight is 729 g/mol. The first kappa shape index (κ1) is 36.7. The minimum atomic E-state index is -0.445. The maximum absolute atomic E-state index is 13.2. The molecule has 48 heavy (non-hydrogen) atoms. The highest BCUT2D eigenvalue weighted by atomic mass is 32.2. The minimum absolute atomic E-state index is 0.112. The van der Waals surface area contributed by atoms with Gasteiger partial charge in [-0.1, -0.05) is 48.0 Å². The van der Waals surface area contributed by atoms with Gasteiger partial charge in [0.05, 0.1) is 34.2 Å². The summed E-state index contributed by atoms with van der Waals surface area (Å²) in [4.78, 5) is 78.1. The Morgan fingerprint density at radius 2 is 1.00 bits per heavy atom. The summed E-state index contributed by atoms with van der Waals surface area (Å²) in [6, 6.07) is 12.7. The molecule has 0 aliphatic carbocycles. The summed E-state index contributed by atoms with van der Waals surface area (Å²) in [6.45, 7) is 4.33. The predicted octanol–water partition coefficient (Wildman–Crippen LogP) is 5.11. The van der Waals surface area contributed by atoms with Gasteiger partial charge >= 0.3 is 11.9 Å². The van der Waals surface area contributed by atoms with Crippen molar-refractivity contribution in [1.82, 2.24) is 9.80 Å². The van der Waals surface area contributed by atoms with Crippen LogP contribution in [0.2, 0.25) is 0 Å². The molecule has 0 unspecified atom stereocenters. The maximum Gasteiger partial charge on any atom is 0.338 e. The summed E-state index contributed by atoms with van der Waals surface area (Å²) in [5.41, 5.74) is 1.79. The Labute approximate surface area is 296 Å². The number of ether oxygens (including phenoxy) is 2. The van der Waals surface area contributed by atoms with Crippen molar-refractivity contribution >= 4 is 104 Å². The standard InChI is InChI=1S/C32H32N4O8S4/c1-3-43-29(41)19-9-13-21(14-10-19)33-23(37)7-5-17-35-27(39)25(47-31(35)45)26-28(40)36(32(46)48-26)18-6-8-24(38)34-22-15-11-20(12-16-22)30(42)44-4-2/h9-16H,3-8,17-18H2,1-2H3,(H,33,37)(H,34,38)/b26-25+. The molecular formula is C32H32N4O8S4. The number of rotatable bonds is 14. The summed E-state index contributed by atoms with van der Waals surface area (Å²) in [5, 5.41) is 5.50. The average Bonchev–Trinajstić information content (AvgIpc) is 3.50. The van der Waals surface area contributed by atoms with Crippen LogP contribution in [-0.2, 0) is 28.7 Å². The van der Waals surface area contributed by atoms with Crippen LogP contribution in [0.4, 0.5) is 11.4 Å². The largest absolute Gasteiger partial charge is 0.462 e. The van der Waals surface area contributed by atoms with E-state index >= 15 is 0 Å². The molecule has 0 aromatic heterocycles. The van der Waals surface area contributed by atoms with E-state index in [0.29, 0.717) is 35.3 Å². The fraction of sp³-hybridized carbons (Fsp3) is 0.312. The maximum atomic E-state index is 13.2. The summed E-state index contributed by atoms with van der Waals surface area (Å²) in [6.07, 6.45) is 0.872. The number of hydrogen-bond acceptors (Lipinski definition) is 12. The molecule has 0 bridgehead atoms. The lowest BCUT2D eigenvalue weighted by Crippen LogP contribution is -2.31. The van der Waals surface area contributed by atoms with Gasteiger partial charge in [0.1, 0.15) is 8.64 Å². The van der Waals surface area contributed by atoms with Crippen molar-refractivity contribution in [2.45, 2.75) is 39.5 Å². The van der Waals surface area contributed by atoms with Gasteiger partial charge in [-0.25, -0.2) is 9.59 Å². The number of thiocarbonyl (C=S) groups is 2. The second-order valence-electron chi connectivity index (χ2n) is 10.2. The topological polar surface area (TPSA) is 151 Å². The Morgan fingerprint density at radius 1 is 0.646 bits per heavy atom. The second kappa shape index (κ2) is 17.3. The van der Waals surface area contributed by atoms with Crippen LogP contribution in [0.3, 0.4) is 0 Å². The Bertz CT molecular complexity index is 1540. The third-order valence-electron chi connectivity index (χ3n) is 6.84. The molecule has 0 radical (unpaired) electrons. The molecule has 252 valence electrons. The van der Waals surface area contributed by atoms with Crippen molar-refractivity contribution in [1.29, 1.82) is 0 Å². The van der Waals surface area contributed by atoms with Gasteiger partial charge in [0.25, 0.3) is 11.8 Å². The smallest absolute Gasteiger partial charge is 0.338 e. The zero-order valence-electron chi connectivity index (χ0n) is 26.1. The number of amides is 4. The van der Waals surface area contributed by atoms with Gasteiger partial charge in [-0.3, -0.25) is 29.0 Å². The molecule has 4 amide bonds. The Balaban J connectivity index is 1.23. The molecule has 16 heteroatoms. The van der Waals surface area contributed by atoms with Gasteiger partial charge in [-0.15, -0.1) is 0 Å². The number of esters is 2.